The largest absolute Gasteiger partial charge is 0.465 e. The highest BCUT2D eigenvalue weighted by Crippen LogP contribution is 2.32. The Morgan fingerprint density at radius 2 is 1.85 bits per heavy atom. The van der Waals surface area contributed by atoms with Gasteiger partial charge in [-0.1, -0.05) is 42.5 Å². The Hall–Kier alpha value is -4.20. The van der Waals surface area contributed by atoms with Crippen LogP contribution in [0.1, 0.15) is 31.9 Å². The summed E-state index contributed by atoms with van der Waals surface area (Å²) in [6.45, 7) is 5.63. The number of nitrogens with one attached hydrogen (secondary N) is 1. The van der Waals surface area contributed by atoms with Crippen LogP contribution in [0.5, 0.6) is 0 Å². The molecule has 1 heterocycles. The van der Waals surface area contributed by atoms with Gasteiger partial charge in [0.2, 0.25) is 5.91 Å². The van der Waals surface area contributed by atoms with E-state index in [1.54, 1.807) is 43.9 Å². The molecule has 2 aromatic carbocycles. The summed E-state index contributed by atoms with van der Waals surface area (Å²) in [5.74, 6) is -1.09. The number of carboxylic acid groups (broad SMARTS) is 1. The smallest absolute Gasteiger partial charge is 0.412 e. The Bertz CT molecular complexity index is 1210. The number of carbonyl (C=O) groups excluding carboxylic acids is 1. The SMILES string of the molecule is CC(C)(C)N(C(=O)O)c1cc(F)ccc1NC(=O)/C=C/c1cnn(CC=Cc2ccccc2)c1. The van der Waals surface area contributed by atoms with E-state index in [0.717, 1.165) is 22.1 Å². The molecule has 34 heavy (non-hydrogen) atoms. The number of benzene rings is 2. The molecule has 0 bridgehead atoms. The molecule has 0 atom stereocenters. The normalized spacial score (nSPS) is 11.8. The van der Waals surface area contributed by atoms with Gasteiger partial charge in [-0.2, -0.15) is 5.10 Å². The van der Waals surface area contributed by atoms with Gasteiger partial charge in [-0.05, 0) is 50.6 Å². The van der Waals surface area contributed by atoms with Crippen molar-refractivity contribution in [2.45, 2.75) is 32.9 Å². The summed E-state index contributed by atoms with van der Waals surface area (Å²) >= 11 is 0. The highest BCUT2D eigenvalue weighted by molar-refractivity contribution is 6.05. The number of anilines is 2. The van der Waals surface area contributed by atoms with Crippen molar-refractivity contribution < 1.29 is 19.1 Å². The predicted molar refractivity (Wildman–Crippen MR) is 132 cm³/mol. The first kappa shape index (κ1) is 24.4. The van der Waals surface area contributed by atoms with Crippen molar-refractivity contribution in [1.82, 2.24) is 9.78 Å². The van der Waals surface area contributed by atoms with Gasteiger partial charge >= 0.3 is 6.09 Å². The van der Waals surface area contributed by atoms with E-state index in [-0.39, 0.29) is 11.4 Å². The lowest BCUT2D eigenvalue weighted by atomic mass is 10.0. The lowest BCUT2D eigenvalue weighted by Gasteiger charge is -2.34. The van der Waals surface area contributed by atoms with E-state index < -0.39 is 23.4 Å². The molecular formula is C26H27FN4O3. The molecule has 0 saturated carbocycles. The zero-order chi connectivity index (χ0) is 24.7. The molecule has 0 aliphatic heterocycles. The Labute approximate surface area is 197 Å². The summed E-state index contributed by atoms with van der Waals surface area (Å²) in [5.41, 5.74) is 1.22. The summed E-state index contributed by atoms with van der Waals surface area (Å²) in [5, 5.41) is 16.6. The number of nitrogens with zero attached hydrogens (tertiary/aromatic N) is 3. The number of carbonyl (C=O) groups is 2. The number of hydrogen-bond donors (Lipinski definition) is 2. The van der Waals surface area contributed by atoms with E-state index in [1.165, 1.54) is 18.2 Å². The third kappa shape index (κ3) is 6.65. The van der Waals surface area contributed by atoms with Crippen LogP contribution in [0, 0.1) is 5.82 Å². The van der Waals surface area contributed by atoms with Crippen LogP contribution in [0.4, 0.5) is 20.6 Å². The maximum atomic E-state index is 13.9. The van der Waals surface area contributed by atoms with E-state index in [4.69, 9.17) is 0 Å². The Balaban J connectivity index is 1.68. The number of allylic oxidation sites excluding steroid dienone is 1. The predicted octanol–water partition coefficient (Wildman–Crippen LogP) is 5.67. The van der Waals surface area contributed by atoms with Crippen LogP contribution in [-0.2, 0) is 11.3 Å². The van der Waals surface area contributed by atoms with Gasteiger partial charge in [-0.3, -0.25) is 14.4 Å². The fraction of sp³-hybridized carbons (Fsp3) is 0.192. The van der Waals surface area contributed by atoms with Crippen LogP contribution < -0.4 is 10.2 Å². The molecule has 8 heteroatoms. The maximum absolute atomic E-state index is 13.9. The Kier molecular flexibility index (Phi) is 7.63. The van der Waals surface area contributed by atoms with Gasteiger partial charge in [0.15, 0.2) is 0 Å². The first-order valence-electron chi connectivity index (χ1n) is 10.7. The van der Waals surface area contributed by atoms with E-state index >= 15 is 0 Å². The second-order valence-corrected chi connectivity index (χ2v) is 8.58. The van der Waals surface area contributed by atoms with Gasteiger partial charge < -0.3 is 10.4 Å². The van der Waals surface area contributed by atoms with Crippen molar-refractivity contribution in [2.75, 3.05) is 10.2 Å². The summed E-state index contributed by atoms with van der Waals surface area (Å²) in [6, 6.07) is 13.5. The number of amides is 2. The molecule has 0 radical (unpaired) electrons. The zero-order valence-electron chi connectivity index (χ0n) is 19.3. The highest BCUT2D eigenvalue weighted by atomic mass is 19.1. The van der Waals surface area contributed by atoms with Crippen molar-refractivity contribution in [3.63, 3.8) is 0 Å². The monoisotopic (exact) mass is 462 g/mol. The average molecular weight is 463 g/mol. The lowest BCUT2D eigenvalue weighted by Crippen LogP contribution is -2.45. The molecule has 7 nitrogen and oxygen atoms in total. The van der Waals surface area contributed by atoms with Crippen LogP contribution in [0.2, 0.25) is 0 Å². The zero-order valence-corrected chi connectivity index (χ0v) is 19.3. The van der Waals surface area contributed by atoms with Crippen LogP contribution in [0.15, 0.2) is 73.1 Å². The fourth-order valence-electron chi connectivity index (χ4n) is 3.32. The van der Waals surface area contributed by atoms with Gasteiger partial charge in [0.1, 0.15) is 5.82 Å². The molecule has 3 aromatic rings. The molecule has 0 spiro atoms. The number of hydrogen-bond acceptors (Lipinski definition) is 3. The summed E-state index contributed by atoms with van der Waals surface area (Å²) in [4.78, 5) is 25.3. The molecule has 3 rings (SSSR count). The Morgan fingerprint density at radius 1 is 1.12 bits per heavy atom. The van der Waals surface area contributed by atoms with Crippen molar-refractivity contribution in [3.8, 4) is 0 Å². The minimum Gasteiger partial charge on any atom is -0.465 e. The van der Waals surface area contributed by atoms with Crippen molar-refractivity contribution in [2.24, 2.45) is 0 Å². The molecule has 0 saturated heterocycles. The van der Waals surface area contributed by atoms with Crippen LogP contribution in [0.25, 0.3) is 12.2 Å². The second-order valence-electron chi connectivity index (χ2n) is 8.58. The number of halogens is 1. The van der Waals surface area contributed by atoms with Crippen molar-refractivity contribution in [1.29, 1.82) is 0 Å². The minimum atomic E-state index is -1.25. The van der Waals surface area contributed by atoms with Crippen LogP contribution in [-0.4, -0.2) is 32.4 Å². The van der Waals surface area contributed by atoms with Crippen LogP contribution >= 0.6 is 0 Å². The molecule has 0 aliphatic carbocycles. The molecule has 1 aromatic heterocycles. The number of aromatic nitrogens is 2. The highest BCUT2D eigenvalue weighted by Gasteiger charge is 2.30. The molecule has 2 amide bonds. The molecule has 0 unspecified atom stereocenters. The molecule has 0 fully saturated rings. The minimum absolute atomic E-state index is 0.0553. The average Bonchev–Trinajstić information content (AvgIpc) is 3.21. The summed E-state index contributed by atoms with van der Waals surface area (Å²) < 4.78 is 15.6. The van der Waals surface area contributed by atoms with Crippen molar-refractivity contribution in [3.05, 3.63) is 90.0 Å². The van der Waals surface area contributed by atoms with Gasteiger partial charge in [-0.25, -0.2) is 9.18 Å². The molecule has 2 N–H and O–H groups in total. The fourth-order valence-corrected chi connectivity index (χ4v) is 3.32. The maximum Gasteiger partial charge on any atom is 0.412 e. The van der Waals surface area contributed by atoms with Gasteiger partial charge in [0.25, 0.3) is 0 Å². The van der Waals surface area contributed by atoms with Gasteiger partial charge in [-0.15, -0.1) is 0 Å². The van der Waals surface area contributed by atoms with E-state index in [9.17, 15) is 19.1 Å². The summed E-state index contributed by atoms with van der Waals surface area (Å²) in [7, 11) is 0. The lowest BCUT2D eigenvalue weighted by molar-refractivity contribution is -0.111. The topological polar surface area (TPSA) is 87.5 Å². The standard InChI is InChI=1S/C26H27FN4O3/c1-26(2,3)31(25(33)34)23-16-21(27)12-13-22(23)29-24(32)14-11-20-17-28-30(18-20)15-7-10-19-8-5-4-6-9-19/h4-14,16-18H,15H2,1-3H3,(H,29,32)(H,33,34)/b10-7?,14-11+. The second kappa shape index (κ2) is 10.6. The third-order valence-corrected chi connectivity index (χ3v) is 4.80. The van der Waals surface area contributed by atoms with Crippen molar-refractivity contribution >= 4 is 35.5 Å². The van der Waals surface area contributed by atoms with E-state index in [2.05, 4.69) is 10.4 Å². The quantitative estimate of drug-likeness (QED) is 0.443. The summed E-state index contributed by atoms with van der Waals surface area (Å²) in [6.07, 6.45) is 9.09. The van der Waals surface area contributed by atoms with Gasteiger partial charge in [0.05, 0.1) is 24.1 Å². The number of rotatable bonds is 7. The first-order valence-corrected chi connectivity index (χ1v) is 10.7. The third-order valence-electron chi connectivity index (χ3n) is 4.80. The van der Waals surface area contributed by atoms with E-state index in [0.29, 0.717) is 6.54 Å². The molecule has 0 aliphatic rings. The molecular weight excluding hydrogens is 435 g/mol. The Morgan fingerprint density at radius 3 is 2.53 bits per heavy atom. The molecule has 176 valence electrons. The van der Waals surface area contributed by atoms with Gasteiger partial charge in [0, 0.05) is 23.4 Å². The van der Waals surface area contributed by atoms with Crippen LogP contribution in [0.3, 0.4) is 0 Å². The van der Waals surface area contributed by atoms with E-state index in [1.807, 2.05) is 42.5 Å². The first-order chi connectivity index (χ1) is 16.1.